The zero-order valence-corrected chi connectivity index (χ0v) is 19.3. The van der Waals surface area contributed by atoms with E-state index in [0.717, 1.165) is 30.4 Å². The van der Waals surface area contributed by atoms with E-state index in [4.69, 9.17) is 12.2 Å². The molecule has 1 aliphatic rings. The van der Waals surface area contributed by atoms with Gasteiger partial charge in [0.15, 0.2) is 5.11 Å². The third-order valence-corrected chi connectivity index (χ3v) is 6.09. The molecule has 0 saturated carbocycles. The molecule has 0 unspecified atom stereocenters. The molecule has 0 aliphatic carbocycles. The number of hydrogen-bond acceptors (Lipinski definition) is 3. The summed E-state index contributed by atoms with van der Waals surface area (Å²) >= 11 is 5.69. The Kier molecular flexibility index (Phi) is 6.71. The second kappa shape index (κ2) is 9.52. The lowest BCUT2D eigenvalue weighted by Gasteiger charge is -2.29. The van der Waals surface area contributed by atoms with Crippen molar-refractivity contribution in [1.29, 1.82) is 0 Å². The zero-order valence-electron chi connectivity index (χ0n) is 18.5. The maximum absolute atomic E-state index is 13.4. The summed E-state index contributed by atoms with van der Waals surface area (Å²) in [6.45, 7) is 1.61. The molecule has 1 aromatic carbocycles. The summed E-state index contributed by atoms with van der Waals surface area (Å²) in [6.07, 6.45) is 0.0103. The molecule has 3 aromatic rings. The van der Waals surface area contributed by atoms with Gasteiger partial charge in [-0.1, -0.05) is 12.1 Å². The molecule has 33 heavy (non-hydrogen) atoms. The third-order valence-electron chi connectivity index (χ3n) is 5.74. The highest BCUT2D eigenvalue weighted by Crippen LogP contribution is 2.40. The Labute approximate surface area is 196 Å². The number of halogens is 3. The van der Waals surface area contributed by atoms with Crippen molar-refractivity contribution in [2.45, 2.75) is 24.7 Å². The minimum atomic E-state index is -4.41. The molecule has 2 aromatic heterocycles. The van der Waals surface area contributed by atoms with Gasteiger partial charge >= 0.3 is 6.18 Å². The van der Waals surface area contributed by atoms with E-state index in [1.807, 2.05) is 49.0 Å². The number of aromatic nitrogens is 2. The molecule has 0 spiro atoms. The predicted molar refractivity (Wildman–Crippen MR) is 126 cm³/mol. The van der Waals surface area contributed by atoms with Crippen LogP contribution in [-0.4, -0.2) is 51.6 Å². The van der Waals surface area contributed by atoms with Crippen LogP contribution in [0.3, 0.4) is 0 Å². The van der Waals surface area contributed by atoms with Gasteiger partial charge in [0.2, 0.25) is 0 Å². The molecule has 174 valence electrons. The fraction of sp³-hybridized carbons (Fsp3) is 0.333. The molecule has 0 amide bonds. The van der Waals surface area contributed by atoms with Crippen LogP contribution in [0.2, 0.25) is 0 Å². The van der Waals surface area contributed by atoms with Crippen molar-refractivity contribution in [3.63, 3.8) is 0 Å². The standard InChI is InChI=1S/C24H26F3N5S/c1-30(2)13-7-15-32-22(21(29-23(32)33)19-10-3-4-12-28-19)20-11-6-14-31(20)18-9-5-8-17(16-18)24(25,26)27/h3-6,8-12,14,16,21-22H,7,13,15H2,1-2H3,(H,29,33)/t21-,22-/m1/s1. The van der Waals surface area contributed by atoms with Gasteiger partial charge in [-0.15, -0.1) is 0 Å². The summed E-state index contributed by atoms with van der Waals surface area (Å²) in [5.74, 6) is 0. The number of nitrogens with one attached hydrogen (secondary N) is 1. The van der Waals surface area contributed by atoms with Crippen molar-refractivity contribution in [3.8, 4) is 5.69 Å². The maximum Gasteiger partial charge on any atom is 0.416 e. The Morgan fingerprint density at radius 1 is 1.09 bits per heavy atom. The second-order valence-corrected chi connectivity index (χ2v) is 8.71. The quantitative estimate of drug-likeness (QED) is 0.498. The highest BCUT2D eigenvalue weighted by molar-refractivity contribution is 7.80. The topological polar surface area (TPSA) is 36.3 Å². The molecular formula is C24H26F3N5S. The van der Waals surface area contributed by atoms with Crippen LogP contribution in [0.25, 0.3) is 5.69 Å². The number of rotatable bonds is 7. The molecule has 5 nitrogen and oxygen atoms in total. The number of hydrogen-bond donors (Lipinski definition) is 1. The number of pyridine rings is 1. The van der Waals surface area contributed by atoms with Gasteiger partial charge in [-0.3, -0.25) is 4.98 Å². The lowest BCUT2D eigenvalue weighted by atomic mass is 10.0. The van der Waals surface area contributed by atoms with E-state index in [-0.39, 0.29) is 12.1 Å². The van der Waals surface area contributed by atoms with Crippen molar-refractivity contribution in [2.24, 2.45) is 0 Å². The zero-order chi connectivity index (χ0) is 23.6. The van der Waals surface area contributed by atoms with Crippen molar-refractivity contribution in [2.75, 3.05) is 27.2 Å². The van der Waals surface area contributed by atoms with Crippen molar-refractivity contribution < 1.29 is 13.2 Å². The van der Waals surface area contributed by atoms with Gasteiger partial charge in [-0.2, -0.15) is 13.2 Å². The third kappa shape index (κ3) is 5.04. The highest BCUT2D eigenvalue weighted by atomic mass is 32.1. The molecule has 1 saturated heterocycles. The molecule has 0 radical (unpaired) electrons. The number of benzene rings is 1. The highest BCUT2D eigenvalue weighted by Gasteiger charge is 2.41. The number of alkyl halides is 3. The van der Waals surface area contributed by atoms with E-state index in [0.29, 0.717) is 17.3 Å². The molecule has 2 atom stereocenters. The minimum Gasteiger partial charge on any atom is -0.352 e. The van der Waals surface area contributed by atoms with Crippen LogP contribution in [0.15, 0.2) is 67.0 Å². The maximum atomic E-state index is 13.4. The summed E-state index contributed by atoms with van der Waals surface area (Å²) in [5.41, 5.74) is 1.46. The second-order valence-electron chi connectivity index (χ2n) is 8.33. The van der Waals surface area contributed by atoms with E-state index < -0.39 is 11.7 Å². The first-order valence-electron chi connectivity index (χ1n) is 10.7. The molecule has 1 N–H and O–H groups in total. The van der Waals surface area contributed by atoms with Gasteiger partial charge in [0.25, 0.3) is 0 Å². The smallest absolute Gasteiger partial charge is 0.352 e. The Balaban J connectivity index is 1.75. The van der Waals surface area contributed by atoms with Crippen LogP contribution in [0.5, 0.6) is 0 Å². The summed E-state index contributed by atoms with van der Waals surface area (Å²) in [7, 11) is 4.04. The molecular weight excluding hydrogens is 447 g/mol. The van der Waals surface area contributed by atoms with Crippen LogP contribution in [0, 0.1) is 0 Å². The van der Waals surface area contributed by atoms with Gasteiger partial charge in [-0.05, 0) is 81.7 Å². The number of nitrogens with zero attached hydrogens (tertiary/aromatic N) is 4. The molecule has 4 rings (SSSR count). The first kappa shape index (κ1) is 23.3. The van der Waals surface area contributed by atoms with Gasteiger partial charge in [0.1, 0.15) is 0 Å². The number of thiocarbonyl (C=S) groups is 1. The van der Waals surface area contributed by atoms with Gasteiger partial charge in [0.05, 0.1) is 23.3 Å². The lowest BCUT2D eigenvalue weighted by Crippen LogP contribution is -2.33. The van der Waals surface area contributed by atoms with Crippen molar-refractivity contribution in [3.05, 3.63) is 83.9 Å². The van der Waals surface area contributed by atoms with E-state index in [2.05, 4.69) is 20.1 Å². The monoisotopic (exact) mass is 473 g/mol. The van der Waals surface area contributed by atoms with Gasteiger partial charge < -0.3 is 19.7 Å². The Morgan fingerprint density at radius 3 is 2.61 bits per heavy atom. The molecule has 0 bridgehead atoms. The molecule has 3 heterocycles. The fourth-order valence-corrected chi connectivity index (χ4v) is 4.56. The Morgan fingerprint density at radius 2 is 1.91 bits per heavy atom. The normalized spacial score (nSPS) is 18.7. The van der Waals surface area contributed by atoms with E-state index in [1.54, 1.807) is 18.5 Å². The lowest BCUT2D eigenvalue weighted by molar-refractivity contribution is -0.137. The van der Waals surface area contributed by atoms with Crippen LogP contribution in [-0.2, 0) is 6.18 Å². The van der Waals surface area contributed by atoms with Gasteiger partial charge in [-0.25, -0.2) is 0 Å². The molecule has 1 fully saturated rings. The van der Waals surface area contributed by atoms with Crippen LogP contribution < -0.4 is 5.32 Å². The van der Waals surface area contributed by atoms with E-state index in [9.17, 15) is 13.2 Å². The van der Waals surface area contributed by atoms with E-state index in [1.165, 1.54) is 12.1 Å². The van der Waals surface area contributed by atoms with Crippen LogP contribution in [0.4, 0.5) is 13.2 Å². The SMILES string of the molecule is CN(C)CCCN1C(=S)N[C@H](c2ccccn2)[C@H]1c1cccn1-c1cccc(C(F)(F)F)c1. The van der Waals surface area contributed by atoms with Crippen LogP contribution >= 0.6 is 12.2 Å². The predicted octanol–water partition coefficient (Wildman–Crippen LogP) is 4.82. The summed E-state index contributed by atoms with van der Waals surface area (Å²) in [5, 5.41) is 4.02. The fourth-order valence-electron chi connectivity index (χ4n) is 4.23. The average Bonchev–Trinajstić information content (AvgIpc) is 3.38. The summed E-state index contributed by atoms with van der Waals surface area (Å²) in [6, 6.07) is 14.4. The van der Waals surface area contributed by atoms with Crippen molar-refractivity contribution >= 4 is 17.3 Å². The Bertz CT molecular complexity index is 1100. The van der Waals surface area contributed by atoms with Gasteiger partial charge in [0, 0.05) is 30.3 Å². The summed E-state index contributed by atoms with van der Waals surface area (Å²) in [4.78, 5) is 8.77. The molecule has 1 aliphatic heterocycles. The Hall–Kier alpha value is -2.91. The summed E-state index contributed by atoms with van der Waals surface area (Å²) < 4.78 is 41.9. The average molecular weight is 474 g/mol. The van der Waals surface area contributed by atoms with Crippen molar-refractivity contribution in [1.82, 2.24) is 24.7 Å². The largest absolute Gasteiger partial charge is 0.416 e. The first-order chi connectivity index (χ1) is 15.8. The first-order valence-corrected chi connectivity index (χ1v) is 11.1. The minimum absolute atomic E-state index is 0.223. The molecule has 9 heteroatoms. The van der Waals surface area contributed by atoms with Crippen LogP contribution in [0.1, 0.15) is 35.5 Å². The van der Waals surface area contributed by atoms with E-state index >= 15 is 0 Å².